The zero-order chi connectivity index (χ0) is 13.0. The largest absolute Gasteiger partial charge is 0.477 e. The van der Waals surface area contributed by atoms with Crippen LogP contribution in [0.25, 0.3) is 0 Å². The van der Waals surface area contributed by atoms with E-state index in [0.717, 1.165) is 12.3 Å². The van der Waals surface area contributed by atoms with Gasteiger partial charge in [0.2, 0.25) is 5.88 Å². The third kappa shape index (κ3) is 3.40. The normalized spacial score (nSPS) is 10.3. The Morgan fingerprint density at radius 2 is 2.29 bits per heavy atom. The zero-order valence-electron chi connectivity index (χ0n) is 9.41. The number of aromatic carboxylic acids is 1. The third-order valence-corrected chi connectivity index (χ3v) is 1.83. The Bertz CT molecular complexity index is 444. The number of rotatable bonds is 5. The van der Waals surface area contributed by atoms with Gasteiger partial charge in [-0.2, -0.15) is 0 Å². The van der Waals surface area contributed by atoms with Gasteiger partial charge in [0.1, 0.15) is 11.8 Å². The van der Waals surface area contributed by atoms with Crippen molar-refractivity contribution in [2.75, 3.05) is 6.61 Å². The molecule has 1 heterocycles. The van der Waals surface area contributed by atoms with Crippen molar-refractivity contribution in [3.63, 3.8) is 0 Å². The summed E-state index contributed by atoms with van der Waals surface area (Å²) in [5.41, 5.74) is -0.681. The van der Waals surface area contributed by atoms with Crippen LogP contribution in [0.5, 0.6) is 5.88 Å². The van der Waals surface area contributed by atoms with Crippen molar-refractivity contribution in [2.45, 2.75) is 13.8 Å². The van der Waals surface area contributed by atoms with Crippen molar-refractivity contribution in [3.8, 4) is 5.88 Å². The van der Waals surface area contributed by atoms with Crippen LogP contribution in [-0.2, 0) is 0 Å². The first-order chi connectivity index (χ1) is 7.91. The number of nitro groups is 1. The molecule has 0 aliphatic carbocycles. The van der Waals surface area contributed by atoms with E-state index in [1.165, 1.54) is 0 Å². The molecular formula is C10H12N2O5. The van der Waals surface area contributed by atoms with Crippen molar-refractivity contribution >= 4 is 11.7 Å². The average molecular weight is 240 g/mol. The Morgan fingerprint density at radius 3 is 2.76 bits per heavy atom. The molecule has 0 saturated heterocycles. The highest BCUT2D eigenvalue weighted by molar-refractivity contribution is 5.90. The van der Waals surface area contributed by atoms with Crippen LogP contribution >= 0.6 is 0 Å². The van der Waals surface area contributed by atoms with Crippen LogP contribution < -0.4 is 4.74 Å². The van der Waals surface area contributed by atoms with E-state index in [9.17, 15) is 14.9 Å². The second-order valence-corrected chi connectivity index (χ2v) is 3.81. The minimum atomic E-state index is -1.31. The van der Waals surface area contributed by atoms with Gasteiger partial charge >= 0.3 is 5.97 Å². The van der Waals surface area contributed by atoms with Crippen LogP contribution in [0.3, 0.4) is 0 Å². The third-order valence-electron chi connectivity index (χ3n) is 1.83. The van der Waals surface area contributed by atoms with Gasteiger partial charge in [0.15, 0.2) is 0 Å². The maximum absolute atomic E-state index is 10.9. The number of carboxylic acids is 1. The summed E-state index contributed by atoms with van der Waals surface area (Å²) in [5, 5.41) is 19.4. The van der Waals surface area contributed by atoms with E-state index in [0.29, 0.717) is 6.61 Å². The van der Waals surface area contributed by atoms with Crippen molar-refractivity contribution in [1.29, 1.82) is 0 Å². The van der Waals surface area contributed by atoms with Crippen molar-refractivity contribution in [1.82, 2.24) is 4.98 Å². The summed E-state index contributed by atoms with van der Waals surface area (Å²) in [5.74, 6) is -1.20. The number of pyridine rings is 1. The van der Waals surface area contributed by atoms with E-state index in [2.05, 4.69) is 4.98 Å². The quantitative estimate of drug-likeness (QED) is 0.620. The molecule has 1 rings (SSSR count). The first kappa shape index (κ1) is 12.9. The van der Waals surface area contributed by atoms with Gasteiger partial charge in [-0.05, 0) is 5.92 Å². The fraction of sp³-hybridized carbons (Fsp3) is 0.400. The van der Waals surface area contributed by atoms with Gasteiger partial charge in [0, 0.05) is 6.07 Å². The molecule has 0 saturated carbocycles. The molecule has 0 unspecified atom stereocenters. The smallest absolute Gasteiger partial charge is 0.341 e. The van der Waals surface area contributed by atoms with E-state index >= 15 is 0 Å². The second kappa shape index (κ2) is 5.24. The second-order valence-electron chi connectivity index (χ2n) is 3.81. The van der Waals surface area contributed by atoms with E-state index in [1.807, 2.05) is 13.8 Å². The summed E-state index contributed by atoms with van der Waals surface area (Å²) in [6.45, 7) is 4.09. The number of carboxylic acid groups (broad SMARTS) is 1. The summed E-state index contributed by atoms with van der Waals surface area (Å²) in [6, 6.07) is 0.936. The summed E-state index contributed by atoms with van der Waals surface area (Å²) in [6.07, 6.45) is 0.974. The molecule has 1 aromatic rings. The monoisotopic (exact) mass is 240 g/mol. The standard InChI is InChI=1S/C10H12N2O5/c1-6(2)5-17-9-8(10(13)14)3-7(4-11-9)12(15)16/h3-4,6H,5H2,1-2H3,(H,13,14). The SMILES string of the molecule is CC(C)COc1ncc([N+](=O)[O-])cc1C(=O)O. The molecule has 1 N–H and O–H groups in total. The van der Waals surface area contributed by atoms with Gasteiger partial charge in [-0.3, -0.25) is 10.1 Å². The highest BCUT2D eigenvalue weighted by atomic mass is 16.6. The van der Waals surface area contributed by atoms with Crippen LogP contribution in [0.1, 0.15) is 24.2 Å². The maximum atomic E-state index is 10.9. The molecular weight excluding hydrogens is 228 g/mol. The summed E-state index contributed by atoms with van der Waals surface area (Å²) in [7, 11) is 0. The van der Waals surface area contributed by atoms with Crippen LogP contribution in [-0.4, -0.2) is 27.6 Å². The van der Waals surface area contributed by atoms with Crippen molar-refractivity contribution in [3.05, 3.63) is 27.9 Å². The predicted molar refractivity (Wildman–Crippen MR) is 58.2 cm³/mol. The lowest BCUT2D eigenvalue weighted by Gasteiger charge is -2.09. The number of nitrogens with zero attached hydrogens (tertiary/aromatic N) is 2. The number of hydrogen-bond donors (Lipinski definition) is 1. The number of aromatic nitrogens is 1. The van der Waals surface area contributed by atoms with Gasteiger partial charge in [-0.25, -0.2) is 9.78 Å². The molecule has 0 fully saturated rings. The molecule has 0 aliphatic rings. The minimum Gasteiger partial charge on any atom is -0.477 e. The van der Waals surface area contributed by atoms with Crippen LogP contribution in [0.4, 0.5) is 5.69 Å². The minimum absolute atomic E-state index is 0.100. The zero-order valence-corrected chi connectivity index (χ0v) is 9.41. The van der Waals surface area contributed by atoms with Gasteiger partial charge in [-0.15, -0.1) is 0 Å². The fourth-order valence-corrected chi connectivity index (χ4v) is 1.05. The molecule has 92 valence electrons. The lowest BCUT2D eigenvalue weighted by molar-refractivity contribution is -0.385. The van der Waals surface area contributed by atoms with Gasteiger partial charge < -0.3 is 9.84 Å². The van der Waals surface area contributed by atoms with E-state index in [1.54, 1.807) is 0 Å². The lowest BCUT2D eigenvalue weighted by Crippen LogP contribution is -2.10. The van der Waals surface area contributed by atoms with Gasteiger partial charge in [0.05, 0.1) is 11.5 Å². The van der Waals surface area contributed by atoms with Gasteiger partial charge in [0.25, 0.3) is 5.69 Å². The molecule has 7 heteroatoms. The predicted octanol–water partition coefficient (Wildman–Crippen LogP) is 1.72. The first-order valence-electron chi connectivity index (χ1n) is 4.92. The van der Waals surface area contributed by atoms with Gasteiger partial charge in [-0.1, -0.05) is 13.8 Å². The molecule has 0 aromatic carbocycles. The van der Waals surface area contributed by atoms with Crippen LogP contribution in [0.15, 0.2) is 12.3 Å². The van der Waals surface area contributed by atoms with Crippen LogP contribution in [0.2, 0.25) is 0 Å². The average Bonchev–Trinajstić information content (AvgIpc) is 2.25. The van der Waals surface area contributed by atoms with E-state index in [4.69, 9.17) is 9.84 Å². The molecule has 17 heavy (non-hydrogen) atoms. The Morgan fingerprint density at radius 1 is 1.65 bits per heavy atom. The first-order valence-corrected chi connectivity index (χ1v) is 4.92. The van der Waals surface area contributed by atoms with Crippen molar-refractivity contribution in [2.24, 2.45) is 5.92 Å². The maximum Gasteiger partial charge on any atom is 0.341 e. The van der Waals surface area contributed by atoms with Crippen molar-refractivity contribution < 1.29 is 19.6 Å². The Hall–Kier alpha value is -2.18. The summed E-state index contributed by atoms with van der Waals surface area (Å²) < 4.78 is 5.18. The molecule has 7 nitrogen and oxygen atoms in total. The Balaban J connectivity index is 3.04. The molecule has 0 radical (unpaired) electrons. The Labute approximate surface area is 97.2 Å². The highest BCUT2D eigenvalue weighted by Gasteiger charge is 2.18. The lowest BCUT2D eigenvalue weighted by atomic mass is 10.2. The molecule has 0 aliphatic heterocycles. The molecule has 1 aromatic heterocycles. The molecule has 0 amide bonds. The topological polar surface area (TPSA) is 103 Å². The molecule has 0 atom stereocenters. The van der Waals surface area contributed by atoms with E-state index in [-0.39, 0.29) is 23.0 Å². The Kier molecular flexibility index (Phi) is 3.97. The van der Waals surface area contributed by atoms with E-state index < -0.39 is 10.9 Å². The summed E-state index contributed by atoms with van der Waals surface area (Å²) in [4.78, 5) is 24.3. The number of carbonyl (C=O) groups is 1. The summed E-state index contributed by atoms with van der Waals surface area (Å²) >= 11 is 0. The highest BCUT2D eigenvalue weighted by Crippen LogP contribution is 2.21. The molecule has 0 spiro atoms. The molecule has 0 bridgehead atoms. The van der Waals surface area contributed by atoms with Crippen LogP contribution in [0, 0.1) is 16.0 Å². The fourth-order valence-electron chi connectivity index (χ4n) is 1.05. The number of hydrogen-bond acceptors (Lipinski definition) is 5. The number of ether oxygens (including phenoxy) is 1.